The van der Waals surface area contributed by atoms with Gasteiger partial charge >= 0.3 is 0 Å². The van der Waals surface area contributed by atoms with Gasteiger partial charge in [-0.3, -0.25) is 9.69 Å². The van der Waals surface area contributed by atoms with Gasteiger partial charge in [0.15, 0.2) is 5.78 Å². The number of hydrogen-bond acceptors (Lipinski definition) is 3. The molecular formula is C15H18FNO2. The van der Waals surface area contributed by atoms with Gasteiger partial charge in [0.1, 0.15) is 11.9 Å². The average Bonchev–Trinajstić information content (AvgIpc) is 2.88. The molecule has 0 aromatic heterocycles. The molecule has 0 radical (unpaired) electrons. The van der Waals surface area contributed by atoms with E-state index in [1.807, 2.05) is 0 Å². The first-order chi connectivity index (χ1) is 9.15. The molecule has 2 fully saturated rings. The third-order valence-corrected chi connectivity index (χ3v) is 4.12. The Hall–Kier alpha value is -1.26. The number of hydrogen-bond donors (Lipinski definition) is 0. The summed E-state index contributed by atoms with van der Waals surface area (Å²) in [5.41, 5.74) is 1.04. The predicted octanol–water partition coefficient (Wildman–Crippen LogP) is 2.18. The Morgan fingerprint density at radius 3 is 3.11 bits per heavy atom. The van der Waals surface area contributed by atoms with Crippen LogP contribution in [0.5, 0.6) is 0 Å². The lowest BCUT2D eigenvalue weighted by Gasteiger charge is -2.34. The highest BCUT2D eigenvalue weighted by molar-refractivity contribution is 5.99. The summed E-state index contributed by atoms with van der Waals surface area (Å²) >= 11 is 0. The first kappa shape index (κ1) is 12.8. The molecule has 0 spiro atoms. The van der Waals surface area contributed by atoms with Gasteiger partial charge in [0.25, 0.3) is 0 Å². The van der Waals surface area contributed by atoms with E-state index in [0.29, 0.717) is 30.3 Å². The van der Waals surface area contributed by atoms with E-state index in [1.165, 1.54) is 12.5 Å². The molecule has 3 rings (SSSR count). The summed E-state index contributed by atoms with van der Waals surface area (Å²) in [4.78, 5) is 14.7. The van der Waals surface area contributed by atoms with Crippen LogP contribution in [0.1, 0.15) is 28.8 Å². The van der Waals surface area contributed by atoms with E-state index < -0.39 is 6.10 Å². The number of fused-ring (bicyclic) bond motifs is 1. The standard InChI is InChI=1S/C15H18FNO2/c1-10-7-11(4-5-13(10)16)15(18)14-8-17-6-2-3-12(17)9-19-14/h4-5,7,12,14H,2-3,6,8-9H2,1H3. The molecule has 102 valence electrons. The number of Topliss-reactive ketones (excluding diaryl/α,β-unsaturated/α-hetero) is 1. The van der Waals surface area contributed by atoms with Crippen molar-refractivity contribution >= 4 is 5.78 Å². The first-order valence-electron chi connectivity index (χ1n) is 6.81. The number of morpholine rings is 1. The monoisotopic (exact) mass is 263 g/mol. The highest BCUT2D eigenvalue weighted by Gasteiger charge is 2.35. The minimum atomic E-state index is -0.404. The van der Waals surface area contributed by atoms with Gasteiger partial charge in [0.2, 0.25) is 0 Å². The summed E-state index contributed by atoms with van der Waals surface area (Å²) in [7, 11) is 0. The van der Waals surface area contributed by atoms with Crippen LogP contribution in [0.25, 0.3) is 0 Å². The fourth-order valence-corrected chi connectivity index (χ4v) is 2.96. The molecule has 0 saturated carbocycles. The number of ether oxygens (including phenoxy) is 1. The van der Waals surface area contributed by atoms with Crippen molar-refractivity contribution in [3.63, 3.8) is 0 Å². The van der Waals surface area contributed by atoms with E-state index in [0.717, 1.165) is 13.0 Å². The summed E-state index contributed by atoms with van der Waals surface area (Å²) < 4.78 is 18.9. The Kier molecular flexibility index (Phi) is 3.37. The van der Waals surface area contributed by atoms with Gasteiger partial charge in [-0.15, -0.1) is 0 Å². The molecule has 2 saturated heterocycles. The normalized spacial score (nSPS) is 27.3. The number of benzene rings is 1. The molecule has 4 heteroatoms. The molecule has 1 aromatic carbocycles. The Labute approximate surface area is 112 Å². The highest BCUT2D eigenvalue weighted by Crippen LogP contribution is 2.24. The molecule has 0 N–H and O–H groups in total. The highest BCUT2D eigenvalue weighted by atomic mass is 19.1. The third kappa shape index (κ3) is 2.42. The van der Waals surface area contributed by atoms with Gasteiger partial charge in [-0.2, -0.15) is 0 Å². The largest absolute Gasteiger partial charge is 0.367 e. The minimum absolute atomic E-state index is 0.0338. The first-order valence-corrected chi connectivity index (χ1v) is 6.81. The van der Waals surface area contributed by atoms with Gasteiger partial charge < -0.3 is 4.74 Å². The second kappa shape index (κ2) is 5.02. The maximum atomic E-state index is 13.2. The van der Waals surface area contributed by atoms with E-state index in [4.69, 9.17) is 4.74 Å². The van der Waals surface area contributed by atoms with Crippen molar-refractivity contribution in [1.29, 1.82) is 0 Å². The Morgan fingerprint density at radius 1 is 1.47 bits per heavy atom. The lowest BCUT2D eigenvalue weighted by molar-refractivity contribution is -0.0344. The van der Waals surface area contributed by atoms with E-state index in [-0.39, 0.29) is 11.6 Å². The number of carbonyl (C=O) groups is 1. The molecule has 2 aliphatic heterocycles. The van der Waals surface area contributed by atoms with Crippen LogP contribution >= 0.6 is 0 Å². The smallest absolute Gasteiger partial charge is 0.192 e. The number of ketones is 1. The summed E-state index contributed by atoms with van der Waals surface area (Å²) in [5, 5.41) is 0. The number of halogens is 1. The molecule has 2 heterocycles. The summed E-state index contributed by atoms with van der Waals surface area (Å²) in [6.07, 6.45) is 1.94. The molecule has 0 amide bonds. The molecule has 1 aromatic rings. The zero-order valence-electron chi connectivity index (χ0n) is 11.1. The van der Waals surface area contributed by atoms with Crippen molar-refractivity contribution in [2.75, 3.05) is 19.7 Å². The van der Waals surface area contributed by atoms with Crippen molar-refractivity contribution in [3.8, 4) is 0 Å². The van der Waals surface area contributed by atoms with Crippen molar-refractivity contribution in [3.05, 3.63) is 35.1 Å². The van der Waals surface area contributed by atoms with Gasteiger partial charge in [-0.25, -0.2) is 4.39 Å². The van der Waals surface area contributed by atoms with Crippen LogP contribution in [-0.2, 0) is 4.74 Å². The topological polar surface area (TPSA) is 29.5 Å². The average molecular weight is 263 g/mol. The number of carbonyl (C=O) groups excluding carboxylic acids is 1. The molecule has 2 unspecified atom stereocenters. The van der Waals surface area contributed by atoms with Crippen LogP contribution in [0.4, 0.5) is 4.39 Å². The lowest BCUT2D eigenvalue weighted by atomic mass is 10.0. The second-order valence-corrected chi connectivity index (χ2v) is 5.44. The maximum Gasteiger partial charge on any atom is 0.192 e. The zero-order valence-corrected chi connectivity index (χ0v) is 11.1. The number of nitrogens with zero attached hydrogens (tertiary/aromatic N) is 1. The molecule has 2 aliphatic rings. The summed E-state index contributed by atoms with van der Waals surface area (Å²) in [6, 6.07) is 4.99. The quantitative estimate of drug-likeness (QED) is 0.766. The van der Waals surface area contributed by atoms with Crippen LogP contribution < -0.4 is 0 Å². The van der Waals surface area contributed by atoms with Crippen molar-refractivity contribution < 1.29 is 13.9 Å². The maximum absolute atomic E-state index is 13.2. The van der Waals surface area contributed by atoms with Gasteiger partial charge in [-0.05, 0) is 50.1 Å². The van der Waals surface area contributed by atoms with E-state index in [1.54, 1.807) is 19.1 Å². The number of rotatable bonds is 2. The van der Waals surface area contributed by atoms with Crippen molar-refractivity contribution in [2.24, 2.45) is 0 Å². The molecular weight excluding hydrogens is 245 g/mol. The Morgan fingerprint density at radius 2 is 2.32 bits per heavy atom. The summed E-state index contributed by atoms with van der Waals surface area (Å²) in [5.74, 6) is -0.311. The SMILES string of the molecule is Cc1cc(C(=O)C2CN3CCCC3CO2)ccc1F. The Balaban J connectivity index is 1.74. The van der Waals surface area contributed by atoms with Crippen molar-refractivity contribution in [1.82, 2.24) is 4.90 Å². The molecule has 3 nitrogen and oxygen atoms in total. The minimum Gasteiger partial charge on any atom is -0.367 e. The molecule has 0 bridgehead atoms. The van der Waals surface area contributed by atoms with Gasteiger partial charge in [0, 0.05) is 18.2 Å². The molecule has 19 heavy (non-hydrogen) atoms. The van der Waals surface area contributed by atoms with Crippen LogP contribution in [0.3, 0.4) is 0 Å². The number of aryl methyl sites for hydroxylation is 1. The fraction of sp³-hybridized carbons (Fsp3) is 0.533. The predicted molar refractivity (Wildman–Crippen MR) is 69.8 cm³/mol. The van der Waals surface area contributed by atoms with Crippen LogP contribution in [0.2, 0.25) is 0 Å². The Bertz CT molecular complexity index is 503. The summed E-state index contributed by atoms with van der Waals surface area (Å²) in [6.45, 7) is 4.03. The van der Waals surface area contributed by atoms with Crippen LogP contribution in [-0.4, -0.2) is 42.5 Å². The third-order valence-electron chi connectivity index (χ3n) is 4.12. The van der Waals surface area contributed by atoms with Crippen LogP contribution in [0.15, 0.2) is 18.2 Å². The van der Waals surface area contributed by atoms with Gasteiger partial charge in [0.05, 0.1) is 6.61 Å². The van der Waals surface area contributed by atoms with E-state index in [9.17, 15) is 9.18 Å². The zero-order chi connectivity index (χ0) is 13.4. The van der Waals surface area contributed by atoms with E-state index in [2.05, 4.69) is 4.90 Å². The van der Waals surface area contributed by atoms with Crippen LogP contribution in [0, 0.1) is 12.7 Å². The van der Waals surface area contributed by atoms with Gasteiger partial charge in [-0.1, -0.05) is 0 Å². The fourth-order valence-electron chi connectivity index (χ4n) is 2.96. The molecule has 2 atom stereocenters. The second-order valence-electron chi connectivity index (χ2n) is 5.44. The lowest BCUT2D eigenvalue weighted by Crippen LogP contribution is -2.49. The van der Waals surface area contributed by atoms with Crippen molar-refractivity contribution in [2.45, 2.75) is 31.9 Å². The van der Waals surface area contributed by atoms with E-state index >= 15 is 0 Å². The molecule has 0 aliphatic carbocycles.